The maximum atomic E-state index is 10.8. The number of fused-ring (bicyclic) bond motifs is 2. The highest BCUT2D eigenvalue weighted by Crippen LogP contribution is 2.39. The molecule has 1 aliphatic rings. The highest BCUT2D eigenvalue weighted by molar-refractivity contribution is 6.00. The van der Waals surface area contributed by atoms with E-state index >= 15 is 0 Å². The highest BCUT2D eigenvalue weighted by atomic mass is 16.5. The summed E-state index contributed by atoms with van der Waals surface area (Å²) in [5, 5.41) is 13.4. The van der Waals surface area contributed by atoms with Crippen LogP contribution >= 0.6 is 0 Å². The summed E-state index contributed by atoms with van der Waals surface area (Å²) in [4.78, 5) is 12.6. The molecule has 1 aromatic heterocycles. The number of aromatic nitrogens is 1. The van der Waals surface area contributed by atoms with E-state index in [1.165, 1.54) is 0 Å². The van der Waals surface area contributed by atoms with Crippen LogP contribution in [0.4, 0.5) is 0 Å². The number of aromatic hydroxyl groups is 1. The normalized spacial score (nSPS) is 12.4. The molecule has 5 nitrogen and oxygen atoms in total. The summed E-state index contributed by atoms with van der Waals surface area (Å²) in [5.74, 6) is 1.48. The Labute approximate surface area is 167 Å². The van der Waals surface area contributed by atoms with Gasteiger partial charge in [0.2, 0.25) is 0 Å². The lowest BCUT2D eigenvalue weighted by Gasteiger charge is -2.11. The molecule has 0 saturated heterocycles. The van der Waals surface area contributed by atoms with Crippen LogP contribution in [0.5, 0.6) is 11.6 Å². The van der Waals surface area contributed by atoms with Gasteiger partial charge in [0.1, 0.15) is 5.75 Å². The van der Waals surface area contributed by atoms with Gasteiger partial charge in [-0.05, 0) is 42.8 Å². The molecule has 142 valence electrons. The Bertz CT molecular complexity index is 1330. The summed E-state index contributed by atoms with van der Waals surface area (Å²) in [6.45, 7) is 2.56. The average Bonchev–Trinajstić information content (AvgIpc) is 3.31. The van der Waals surface area contributed by atoms with Gasteiger partial charge < -0.3 is 14.8 Å². The molecule has 2 heterocycles. The number of hydrogen-bond acceptors (Lipinski definition) is 4. The minimum Gasteiger partial charge on any atom is -0.494 e. The van der Waals surface area contributed by atoms with E-state index in [1.54, 1.807) is 0 Å². The zero-order valence-corrected chi connectivity index (χ0v) is 15.9. The molecule has 29 heavy (non-hydrogen) atoms. The molecule has 0 aliphatic carbocycles. The number of nitrogens with one attached hydrogen (secondary N) is 1. The second-order valence-corrected chi connectivity index (χ2v) is 6.76. The van der Waals surface area contributed by atoms with Gasteiger partial charge in [-0.25, -0.2) is 9.98 Å². The largest absolute Gasteiger partial charge is 0.494 e. The second kappa shape index (κ2) is 6.95. The third-order valence-electron chi connectivity index (χ3n) is 4.95. The van der Waals surface area contributed by atoms with Crippen molar-refractivity contribution in [2.24, 2.45) is 9.98 Å². The van der Waals surface area contributed by atoms with E-state index in [1.807, 2.05) is 79.7 Å². The molecule has 0 unspecified atom stereocenters. The fourth-order valence-corrected chi connectivity index (χ4v) is 3.67. The lowest BCUT2D eigenvalue weighted by atomic mass is 9.96. The number of aromatic amines is 1. The number of para-hydroxylation sites is 3. The van der Waals surface area contributed by atoms with Crippen LogP contribution in [0.2, 0.25) is 0 Å². The molecule has 2 N–H and O–H groups in total. The third-order valence-corrected chi connectivity index (χ3v) is 4.95. The monoisotopic (exact) mass is 381 g/mol. The highest BCUT2D eigenvalue weighted by Gasteiger charge is 2.21. The van der Waals surface area contributed by atoms with Gasteiger partial charge in [0.15, 0.2) is 11.7 Å². The predicted octanol–water partition coefficient (Wildman–Crippen LogP) is 3.94. The Morgan fingerprint density at radius 3 is 2.24 bits per heavy atom. The molecular weight excluding hydrogens is 362 g/mol. The van der Waals surface area contributed by atoms with E-state index < -0.39 is 0 Å². The van der Waals surface area contributed by atoms with Crippen LogP contribution in [0.3, 0.4) is 0 Å². The molecule has 0 fully saturated rings. The topological polar surface area (TPSA) is 70.0 Å². The molecule has 5 rings (SSSR count). The number of rotatable bonds is 4. The Morgan fingerprint density at radius 1 is 0.897 bits per heavy atom. The molecule has 1 aliphatic heterocycles. The van der Waals surface area contributed by atoms with Crippen LogP contribution < -0.4 is 15.5 Å². The number of H-pyrrole nitrogens is 1. The smallest absolute Gasteiger partial charge is 0.197 e. The lowest BCUT2D eigenvalue weighted by molar-refractivity contribution is 0.340. The minimum absolute atomic E-state index is 0.101. The van der Waals surface area contributed by atoms with Gasteiger partial charge in [-0.2, -0.15) is 0 Å². The van der Waals surface area contributed by atoms with Crippen LogP contribution in [0.25, 0.3) is 16.5 Å². The maximum absolute atomic E-state index is 10.8. The van der Waals surface area contributed by atoms with Crippen molar-refractivity contribution < 1.29 is 9.84 Å². The van der Waals surface area contributed by atoms with Crippen molar-refractivity contribution in [3.63, 3.8) is 0 Å². The maximum Gasteiger partial charge on any atom is 0.197 e. The van der Waals surface area contributed by atoms with Crippen LogP contribution in [0.1, 0.15) is 18.1 Å². The molecular formula is C24H19N3O2. The van der Waals surface area contributed by atoms with E-state index in [0.717, 1.165) is 38.5 Å². The Hall–Kier alpha value is -3.86. The summed E-state index contributed by atoms with van der Waals surface area (Å²) in [6.07, 6.45) is 0. The van der Waals surface area contributed by atoms with E-state index in [9.17, 15) is 5.11 Å². The first kappa shape index (κ1) is 17.3. The van der Waals surface area contributed by atoms with Crippen LogP contribution in [-0.4, -0.2) is 16.7 Å². The van der Waals surface area contributed by atoms with E-state index in [2.05, 4.69) is 4.98 Å². The van der Waals surface area contributed by atoms with E-state index in [4.69, 9.17) is 14.7 Å². The van der Waals surface area contributed by atoms with E-state index in [-0.39, 0.29) is 5.88 Å². The van der Waals surface area contributed by atoms with Gasteiger partial charge in [-0.3, -0.25) is 0 Å². The SMILES string of the molecule is CCOc1ccc(C(=C2N=c3ccccc3=N2)c2c(O)[nH]c3ccccc23)cc1. The summed E-state index contributed by atoms with van der Waals surface area (Å²) >= 11 is 0. The standard InChI is InChI=1S/C24H19N3O2/c1-2-29-16-13-11-15(12-14-16)21(23-25-19-9-5-6-10-20(19)26-23)22-17-7-3-4-8-18(17)27-24(22)28/h3-14,27-28H,2H2,1H3. The Morgan fingerprint density at radius 2 is 1.55 bits per heavy atom. The molecule has 4 aromatic rings. The van der Waals surface area contributed by atoms with Gasteiger partial charge in [0.05, 0.1) is 22.9 Å². The molecule has 0 saturated carbocycles. The molecule has 0 radical (unpaired) electrons. The van der Waals surface area contributed by atoms with Crippen LogP contribution in [0, 0.1) is 0 Å². The molecule has 0 amide bonds. The fourth-order valence-electron chi connectivity index (χ4n) is 3.67. The molecule has 0 atom stereocenters. The quantitative estimate of drug-likeness (QED) is 0.562. The van der Waals surface area contributed by atoms with E-state index in [0.29, 0.717) is 18.0 Å². The van der Waals surface area contributed by atoms with Gasteiger partial charge in [0, 0.05) is 16.5 Å². The number of ether oxygens (including phenoxy) is 1. The predicted molar refractivity (Wildman–Crippen MR) is 112 cm³/mol. The van der Waals surface area contributed by atoms with Crippen molar-refractivity contribution in [2.45, 2.75) is 6.92 Å². The Kier molecular flexibility index (Phi) is 4.13. The van der Waals surface area contributed by atoms with Crippen molar-refractivity contribution in [2.75, 3.05) is 6.61 Å². The lowest BCUT2D eigenvalue weighted by Crippen LogP contribution is -2.19. The zero-order valence-electron chi connectivity index (χ0n) is 15.9. The summed E-state index contributed by atoms with van der Waals surface area (Å²) < 4.78 is 5.58. The van der Waals surface area contributed by atoms with Gasteiger partial charge >= 0.3 is 0 Å². The molecule has 0 spiro atoms. The van der Waals surface area contributed by atoms with Crippen LogP contribution in [-0.2, 0) is 0 Å². The second-order valence-electron chi connectivity index (χ2n) is 6.76. The zero-order chi connectivity index (χ0) is 19.8. The summed E-state index contributed by atoms with van der Waals surface area (Å²) in [5.41, 5.74) is 3.24. The fraction of sp³-hybridized carbons (Fsp3) is 0.0833. The first-order chi connectivity index (χ1) is 14.2. The van der Waals surface area contributed by atoms with Crippen molar-refractivity contribution >= 4 is 16.5 Å². The molecule has 3 aromatic carbocycles. The van der Waals surface area contributed by atoms with Gasteiger partial charge in [-0.1, -0.05) is 42.5 Å². The number of nitrogens with zero attached hydrogens (tertiary/aromatic N) is 2. The van der Waals surface area contributed by atoms with Crippen molar-refractivity contribution in [1.82, 2.24) is 4.98 Å². The third kappa shape index (κ3) is 2.97. The first-order valence-corrected chi connectivity index (χ1v) is 9.54. The minimum atomic E-state index is 0.101. The Balaban J connectivity index is 1.80. The first-order valence-electron chi connectivity index (χ1n) is 9.54. The summed E-state index contributed by atoms with van der Waals surface area (Å²) in [7, 11) is 0. The van der Waals surface area contributed by atoms with Crippen molar-refractivity contribution in [3.8, 4) is 11.6 Å². The summed E-state index contributed by atoms with van der Waals surface area (Å²) in [6, 6.07) is 23.4. The number of hydrogen-bond donors (Lipinski definition) is 2. The number of benzene rings is 3. The average molecular weight is 381 g/mol. The van der Waals surface area contributed by atoms with Crippen molar-refractivity contribution in [1.29, 1.82) is 0 Å². The van der Waals surface area contributed by atoms with Gasteiger partial charge in [-0.15, -0.1) is 0 Å². The molecule has 5 heteroatoms. The van der Waals surface area contributed by atoms with Crippen LogP contribution in [0.15, 0.2) is 88.6 Å². The molecule has 0 bridgehead atoms. The van der Waals surface area contributed by atoms with Gasteiger partial charge in [0.25, 0.3) is 0 Å². The van der Waals surface area contributed by atoms with Crippen molar-refractivity contribution in [3.05, 3.63) is 100 Å².